The van der Waals surface area contributed by atoms with Crippen molar-refractivity contribution >= 4 is 10.9 Å². The van der Waals surface area contributed by atoms with Crippen LogP contribution in [0.3, 0.4) is 0 Å². The van der Waals surface area contributed by atoms with Gasteiger partial charge in [0.05, 0.1) is 11.2 Å². The summed E-state index contributed by atoms with van der Waals surface area (Å²) in [5, 5.41) is 9.65. The maximum absolute atomic E-state index is 4.73. The van der Waals surface area contributed by atoms with Crippen molar-refractivity contribution in [2.24, 2.45) is 12.5 Å². The number of nitrogens with one attached hydrogen (secondary N) is 1. The Balaban J connectivity index is 1.70. The zero-order chi connectivity index (χ0) is 14.2. The van der Waals surface area contributed by atoms with Gasteiger partial charge < -0.3 is 5.32 Å². The Morgan fingerprint density at radius 2 is 2.05 bits per heavy atom. The van der Waals surface area contributed by atoms with Crippen LogP contribution in [-0.2, 0) is 13.5 Å². The van der Waals surface area contributed by atoms with Gasteiger partial charge in [-0.1, -0.05) is 32.0 Å². The molecule has 0 saturated heterocycles. The van der Waals surface area contributed by atoms with Crippen molar-refractivity contribution in [2.75, 3.05) is 6.54 Å². The van der Waals surface area contributed by atoms with Crippen molar-refractivity contribution in [2.45, 2.75) is 45.6 Å². The highest BCUT2D eigenvalue weighted by Crippen LogP contribution is 2.29. The minimum atomic E-state index is 0.291. The summed E-state index contributed by atoms with van der Waals surface area (Å²) in [5.74, 6) is 0. The first-order chi connectivity index (χ1) is 9.55. The molecule has 2 aromatic rings. The van der Waals surface area contributed by atoms with Crippen molar-refractivity contribution in [3.8, 4) is 0 Å². The zero-order valence-electron chi connectivity index (χ0n) is 12.8. The fraction of sp³-hybridized carbons (Fsp3) is 0.588. The molecule has 0 radical (unpaired) electrons. The third-order valence-corrected chi connectivity index (χ3v) is 4.29. The van der Waals surface area contributed by atoms with E-state index in [1.807, 2.05) is 11.7 Å². The fourth-order valence-electron chi connectivity index (χ4n) is 2.86. The van der Waals surface area contributed by atoms with E-state index in [1.54, 1.807) is 0 Å². The monoisotopic (exact) mass is 271 g/mol. The van der Waals surface area contributed by atoms with Crippen molar-refractivity contribution in [3.05, 3.63) is 30.0 Å². The molecule has 1 heterocycles. The summed E-state index contributed by atoms with van der Waals surface area (Å²) in [6.45, 7) is 5.83. The molecule has 1 aliphatic carbocycles. The van der Waals surface area contributed by atoms with Crippen molar-refractivity contribution in [3.63, 3.8) is 0 Å². The third-order valence-electron chi connectivity index (χ3n) is 4.29. The van der Waals surface area contributed by atoms with E-state index in [4.69, 9.17) is 5.10 Å². The van der Waals surface area contributed by atoms with E-state index in [-0.39, 0.29) is 0 Å². The van der Waals surface area contributed by atoms with Gasteiger partial charge in [-0.25, -0.2) is 0 Å². The molecule has 0 spiro atoms. The van der Waals surface area contributed by atoms with Crippen LogP contribution in [0, 0.1) is 5.41 Å². The number of rotatable bonds is 6. The number of aromatic nitrogens is 2. The smallest absolute Gasteiger partial charge is 0.0708 e. The number of aryl methyl sites for hydroxylation is 1. The zero-order valence-corrected chi connectivity index (χ0v) is 12.8. The standard InChI is InChI=1S/C17H25N3/c1-17(2,10-11-18-13-8-9-13)12-15-14-6-4-5-7-16(14)20(3)19-15/h4-7,13,18H,8-12H2,1-3H3. The van der Waals surface area contributed by atoms with Gasteiger partial charge >= 0.3 is 0 Å². The molecule has 3 heteroatoms. The summed E-state index contributed by atoms with van der Waals surface area (Å²) in [6.07, 6.45) is 4.98. The van der Waals surface area contributed by atoms with Crippen molar-refractivity contribution in [1.82, 2.24) is 15.1 Å². The molecular weight excluding hydrogens is 246 g/mol. The van der Waals surface area contributed by atoms with Crippen molar-refractivity contribution < 1.29 is 0 Å². The lowest BCUT2D eigenvalue weighted by Crippen LogP contribution is -2.25. The van der Waals surface area contributed by atoms with Gasteiger partial charge in [-0.05, 0) is 43.7 Å². The third kappa shape index (κ3) is 3.04. The lowest BCUT2D eigenvalue weighted by atomic mass is 9.83. The molecule has 3 rings (SSSR count). The first-order valence-electron chi connectivity index (χ1n) is 7.69. The molecule has 1 aromatic heterocycles. The van der Waals surface area contributed by atoms with E-state index in [0.717, 1.165) is 19.0 Å². The van der Waals surface area contributed by atoms with Gasteiger partial charge in [0.2, 0.25) is 0 Å². The molecule has 0 bridgehead atoms. The lowest BCUT2D eigenvalue weighted by Gasteiger charge is -2.24. The van der Waals surface area contributed by atoms with E-state index in [1.165, 1.54) is 35.9 Å². The molecule has 0 unspecified atom stereocenters. The molecule has 1 fully saturated rings. The van der Waals surface area contributed by atoms with E-state index in [2.05, 4.69) is 43.4 Å². The summed E-state index contributed by atoms with van der Waals surface area (Å²) in [7, 11) is 2.04. The Hall–Kier alpha value is -1.35. The highest BCUT2D eigenvalue weighted by molar-refractivity contribution is 5.81. The number of hydrogen-bond acceptors (Lipinski definition) is 2. The minimum Gasteiger partial charge on any atom is -0.314 e. The normalized spacial score (nSPS) is 15.9. The number of fused-ring (bicyclic) bond motifs is 1. The Morgan fingerprint density at radius 1 is 1.30 bits per heavy atom. The molecule has 20 heavy (non-hydrogen) atoms. The van der Waals surface area contributed by atoms with Crippen LogP contribution >= 0.6 is 0 Å². The molecular formula is C17H25N3. The second-order valence-corrected chi connectivity index (χ2v) is 6.91. The van der Waals surface area contributed by atoms with E-state index in [0.29, 0.717) is 5.41 Å². The van der Waals surface area contributed by atoms with Gasteiger partial charge in [0, 0.05) is 18.5 Å². The van der Waals surface area contributed by atoms with Crippen LogP contribution in [0.2, 0.25) is 0 Å². The topological polar surface area (TPSA) is 29.9 Å². The lowest BCUT2D eigenvalue weighted by molar-refractivity contribution is 0.322. The van der Waals surface area contributed by atoms with Crippen LogP contribution in [0.15, 0.2) is 24.3 Å². The molecule has 1 aliphatic rings. The largest absolute Gasteiger partial charge is 0.314 e. The van der Waals surface area contributed by atoms with Crippen LogP contribution in [0.5, 0.6) is 0 Å². The van der Waals surface area contributed by atoms with Gasteiger partial charge in [-0.15, -0.1) is 0 Å². The number of nitrogens with zero attached hydrogens (tertiary/aromatic N) is 2. The Kier molecular flexibility index (Phi) is 3.55. The maximum atomic E-state index is 4.73. The van der Waals surface area contributed by atoms with Crippen LogP contribution in [0.1, 0.15) is 38.8 Å². The molecule has 1 aromatic carbocycles. The van der Waals surface area contributed by atoms with E-state index >= 15 is 0 Å². The van der Waals surface area contributed by atoms with Crippen LogP contribution in [0.25, 0.3) is 10.9 Å². The van der Waals surface area contributed by atoms with Gasteiger partial charge in [0.15, 0.2) is 0 Å². The molecule has 1 saturated carbocycles. The molecule has 108 valence electrons. The number of hydrogen-bond donors (Lipinski definition) is 1. The Labute approximate surface area is 121 Å². The molecule has 3 nitrogen and oxygen atoms in total. The van der Waals surface area contributed by atoms with Gasteiger partial charge in [0.25, 0.3) is 0 Å². The first-order valence-corrected chi connectivity index (χ1v) is 7.69. The number of para-hydroxylation sites is 1. The maximum Gasteiger partial charge on any atom is 0.0708 e. The first kappa shape index (κ1) is 13.6. The van der Waals surface area contributed by atoms with Crippen LogP contribution < -0.4 is 5.32 Å². The average Bonchev–Trinajstić information content (AvgIpc) is 3.16. The van der Waals surface area contributed by atoms with Crippen LogP contribution in [-0.4, -0.2) is 22.4 Å². The molecule has 0 atom stereocenters. The second kappa shape index (κ2) is 5.21. The number of benzene rings is 1. The summed E-state index contributed by atoms with van der Waals surface area (Å²) >= 11 is 0. The summed E-state index contributed by atoms with van der Waals surface area (Å²) in [5.41, 5.74) is 2.76. The predicted octanol–water partition coefficient (Wildman–Crippen LogP) is 3.28. The summed E-state index contributed by atoms with van der Waals surface area (Å²) in [6, 6.07) is 9.33. The highest BCUT2D eigenvalue weighted by atomic mass is 15.3. The molecule has 1 N–H and O–H groups in total. The SMILES string of the molecule is Cn1nc(CC(C)(C)CCNC2CC2)c2ccccc21. The van der Waals surface area contributed by atoms with Gasteiger partial charge in [-0.2, -0.15) is 5.10 Å². The fourth-order valence-corrected chi connectivity index (χ4v) is 2.86. The Morgan fingerprint density at radius 3 is 2.80 bits per heavy atom. The Bertz CT molecular complexity index is 593. The van der Waals surface area contributed by atoms with Gasteiger partial charge in [0.1, 0.15) is 0 Å². The van der Waals surface area contributed by atoms with E-state index < -0.39 is 0 Å². The van der Waals surface area contributed by atoms with E-state index in [9.17, 15) is 0 Å². The second-order valence-electron chi connectivity index (χ2n) is 6.91. The van der Waals surface area contributed by atoms with Crippen LogP contribution in [0.4, 0.5) is 0 Å². The predicted molar refractivity (Wildman–Crippen MR) is 83.8 cm³/mol. The van der Waals surface area contributed by atoms with Gasteiger partial charge in [-0.3, -0.25) is 4.68 Å². The minimum absolute atomic E-state index is 0.291. The molecule has 0 aliphatic heterocycles. The average molecular weight is 271 g/mol. The van der Waals surface area contributed by atoms with Crippen molar-refractivity contribution in [1.29, 1.82) is 0 Å². The highest BCUT2D eigenvalue weighted by Gasteiger charge is 2.24. The summed E-state index contributed by atoms with van der Waals surface area (Å²) in [4.78, 5) is 0. The molecule has 0 amide bonds. The quantitative estimate of drug-likeness (QED) is 0.873. The summed E-state index contributed by atoms with van der Waals surface area (Å²) < 4.78 is 2.00.